The van der Waals surface area contributed by atoms with Gasteiger partial charge < -0.3 is 11.1 Å². The van der Waals surface area contributed by atoms with Gasteiger partial charge in [0.25, 0.3) is 0 Å². The lowest BCUT2D eigenvalue weighted by molar-refractivity contribution is 0.524. The quantitative estimate of drug-likeness (QED) is 0.554. The van der Waals surface area contributed by atoms with Crippen molar-refractivity contribution in [3.63, 3.8) is 0 Å². The van der Waals surface area contributed by atoms with Crippen LogP contribution in [-0.2, 0) is 6.42 Å². The van der Waals surface area contributed by atoms with E-state index in [1.807, 2.05) is 18.2 Å². The third-order valence-corrected chi connectivity index (χ3v) is 2.78. The van der Waals surface area contributed by atoms with Crippen molar-refractivity contribution in [2.75, 3.05) is 12.3 Å². The van der Waals surface area contributed by atoms with Gasteiger partial charge in [-0.05, 0) is 44.4 Å². The van der Waals surface area contributed by atoms with E-state index in [2.05, 4.69) is 25.2 Å². The van der Waals surface area contributed by atoms with E-state index in [-0.39, 0.29) is 0 Å². The van der Waals surface area contributed by atoms with Crippen molar-refractivity contribution in [3.05, 3.63) is 29.8 Å². The first-order valence-electron chi connectivity index (χ1n) is 5.80. The lowest BCUT2D eigenvalue weighted by atomic mass is 10.1. The normalized spacial score (nSPS) is 12.7. The molecule has 1 unspecified atom stereocenters. The molecule has 0 radical (unpaired) electrons. The van der Waals surface area contributed by atoms with Gasteiger partial charge in [0.2, 0.25) is 0 Å². The molecule has 1 atom stereocenters. The molecule has 0 aliphatic heterocycles. The number of rotatable bonds is 6. The van der Waals surface area contributed by atoms with E-state index < -0.39 is 0 Å². The minimum atomic E-state index is 0.623. The molecule has 0 saturated heterocycles. The number of nitrogens with one attached hydrogen (secondary N) is 1. The molecular weight excluding hydrogens is 184 g/mol. The van der Waals surface area contributed by atoms with Crippen molar-refractivity contribution in [1.82, 2.24) is 5.32 Å². The molecular formula is C13H22N2. The third kappa shape index (κ3) is 4.34. The Morgan fingerprint density at radius 1 is 1.33 bits per heavy atom. The molecule has 0 bridgehead atoms. The van der Waals surface area contributed by atoms with Crippen LogP contribution in [0, 0.1) is 0 Å². The molecule has 1 rings (SSSR count). The number of para-hydroxylation sites is 1. The molecule has 0 heterocycles. The Labute approximate surface area is 92.9 Å². The van der Waals surface area contributed by atoms with Gasteiger partial charge >= 0.3 is 0 Å². The van der Waals surface area contributed by atoms with Crippen molar-refractivity contribution < 1.29 is 0 Å². The fourth-order valence-electron chi connectivity index (χ4n) is 1.53. The van der Waals surface area contributed by atoms with Gasteiger partial charge in [0.1, 0.15) is 0 Å². The van der Waals surface area contributed by atoms with Gasteiger partial charge in [-0.1, -0.05) is 25.1 Å². The number of aryl methyl sites for hydroxylation is 1. The second kappa shape index (κ2) is 6.46. The summed E-state index contributed by atoms with van der Waals surface area (Å²) >= 11 is 0. The zero-order valence-electron chi connectivity index (χ0n) is 9.79. The van der Waals surface area contributed by atoms with Gasteiger partial charge in [-0.15, -0.1) is 0 Å². The number of nitrogens with two attached hydrogens (primary N) is 1. The predicted molar refractivity (Wildman–Crippen MR) is 66.9 cm³/mol. The highest BCUT2D eigenvalue weighted by atomic mass is 14.9. The fourth-order valence-corrected chi connectivity index (χ4v) is 1.53. The summed E-state index contributed by atoms with van der Waals surface area (Å²) < 4.78 is 0. The molecule has 0 amide bonds. The van der Waals surface area contributed by atoms with Crippen molar-refractivity contribution >= 4 is 5.69 Å². The minimum Gasteiger partial charge on any atom is -0.399 e. The molecule has 1 aromatic carbocycles. The smallest absolute Gasteiger partial charge is 0.0346 e. The van der Waals surface area contributed by atoms with Crippen LogP contribution < -0.4 is 11.1 Å². The summed E-state index contributed by atoms with van der Waals surface area (Å²) in [6, 6.07) is 8.73. The molecule has 0 aliphatic carbocycles. The average molecular weight is 206 g/mol. The number of hydrogen-bond acceptors (Lipinski definition) is 2. The molecule has 0 aromatic heterocycles. The molecule has 0 aliphatic rings. The maximum Gasteiger partial charge on any atom is 0.0346 e. The molecule has 2 nitrogen and oxygen atoms in total. The van der Waals surface area contributed by atoms with Crippen molar-refractivity contribution in [3.8, 4) is 0 Å². The average Bonchev–Trinajstić information content (AvgIpc) is 2.26. The first-order valence-corrected chi connectivity index (χ1v) is 5.80. The van der Waals surface area contributed by atoms with E-state index in [1.165, 1.54) is 12.0 Å². The maximum atomic E-state index is 5.87. The highest BCUT2D eigenvalue weighted by Crippen LogP contribution is 2.12. The number of hydrogen-bond donors (Lipinski definition) is 2. The van der Waals surface area contributed by atoms with E-state index >= 15 is 0 Å². The Balaban J connectivity index is 2.23. The Hall–Kier alpha value is -1.02. The van der Waals surface area contributed by atoms with Crippen molar-refractivity contribution in [2.24, 2.45) is 0 Å². The topological polar surface area (TPSA) is 38.0 Å². The summed E-state index contributed by atoms with van der Waals surface area (Å²) in [7, 11) is 0. The molecule has 0 fully saturated rings. The number of nitrogen functional groups attached to an aromatic ring is 1. The molecule has 1 aromatic rings. The monoisotopic (exact) mass is 206 g/mol. The van der Waals surface area contributed by atoms with Crippen molar-refractivity contribution in [1.29, 1.82) is 0 Å². The maximum absolute atomic E-state index is 5.87. The second-order valence-corrected chi connectivity index (χ2v) is 4.07. The minimum absolute atomic E-state index is 0.623. The van der Waals surface area contributed by atoms with Crippen LogP contribution in [0.15, 0.2) is 24.3 Å². The first-order chi connectivity index (χ1) is 7.24. The number of anilines is 1. The lowest BCUT2D eigenvalue weighted by Gasteiger charge is -2.11. The predicted octanol–water partition coefficient (Wildman–Crippen LogP) is 2.59. The molecule has 0 spiro atoms. The van der Waals surface area contributed by atoms with Crippen molar-refractivity contribution in [2.45, 2.75) is 39.2 Å². The zero-order valence-corrected chi connectivity index (χ0v) is 9.79. The second-order valence-electron chi connectivity index (χ2n) is 4.07. The Bertz CT molecular complexity index is 284. The molecule has 2 heteroatoms. The highest BCUT2D eigenvalue weighted by molar-refractivity contribution is 5.46. The molecule has 84 valence electrons. The Morgan fingerprint density at radius 2 is 2.07 bits per heavy atom. The van der Waals surface area contributed by atoms with Crippen LogP contribution in [0.2, 0.25) is 0 Å². The third-order valence-electron chi connectivity index (χ3n) is 2.78. The summed E-state index contributed by atoms with van der Waals surface area (Å²) in [6.07, 6.45) is 3.40. The van der Waals surface area contributed by atoms with Gasteiger partial charge in [-0.25, -0.2) is 0 Å². The van der Waals surface area contributed by atoms with Gasteiger partial charge in [0, 0.05) is 11.7 Å². The van der Waals surface area contributed by atoms with Gasteiger partial charge in [0.05, 0.1) is 0 Å². The summed E-state index contributed by atoms with van der Waals surface area (Å²) in [5.41, 5.74) is 8.05. The molecule has 15 heavy (non-hydrogen) atoms. The van der Waals surface area contributed by atoms with Gasteiger partial charge in [-0.3, -0.25) is 0 Å². The zero-order chi connectivity index (χ0) is 11.1. The molecule has 3 N–H and O–H groups in total. The van der Waals surface area contributed by atoms with Crippen LogP contribution in [0.25, 0.3) is 0 Å². The van der Waals surface area contributed by atoms with Crippen LogP contribution in [-0.4, -0.2) is 12.6 Å². The van der Waals surface area contributed by atoms with E-state index in [0.29, 0.717) is 6.04 Å². The van der Waals surface area contributed by atoms with E-state index in [1.54, 1.807) is 0 Å². The highest BCUT2D eigenvalue weighted by Gasteiger charge is 1.99. The van der Waals surface area contributed by atoms with E-state index in [0.717, 1.165) is 25.1 Å². The van der Waals surface area contributed by atoms with E-state index in [4.69, 9.17) is 5.73 Å². The lowest BCUT2D eigenvalue weighted by Crippen LogP contribution is -2.26. The van der Waals surface area contributed by atoms with Crippen LogP contribution in [0.5, 0.6) is 0 Å². The van der Waals surface area contributed by atoms with Crippen LogP contribution in [0.3, 0.4) is 0 Å². The van der Waals surface area contributed by atoms with Crippen LogP contribution in [0.1, 0.15) is 32.3 Å². The summed E-state index contributed by atoms with van der Waals surface area (Å²) in [5, 5.41) is 3.48. The van der Waals surface area contributed by atoms with Crippen LogP contribution >= 0.6 is 0 Å². The fraction of sp³-hybridized carbons (Fsp3) is 0.538. The van der Waals surface area contributed by atoms with E-state index in [9.17, 15) is 0 Å². The SMILES string of the molecule is CCC(C)NCCCc1ccccc1N. The first kappa shape index (κ1) is 12.1. The summed E-state index contributed by atoms with van der Waals surface area (Å²) in [4.78, 5) is 0. The number of benzene rings is 1. The largest absolute Gasteiger partial charge is 0.399 e. The molecule has 0 saturated carbocycles. The van der Waals surface area contributed by atoms with Gasteiger partial charge in [-0.2, -0.15) is 0 Å². The van der Waals surface area contributed by atoms with Crippen LogP contribution in [0.4, 0.5) is 5.69 Å². The summed E-state index contributed by atoms with van der Waals surface area (Å²) in [6.45, 7) is 5.49. The van der Waals surface area contributed by atoms with Gasteiger partial charge in [0.15, 0.2) is 0 Å². The Kier molecular flexibility index (Phi) is 5.19. The summed E-state index contributed by atoms with van der Waals surface area (Å²) in [5.74, 6) is 0. The standard InChI is InChI=1S/C13H22N2/c1-3-11(2)15-10-6-8-12-7-4-5-9-13(12)14/h4-5,7,9,11,15H,3,6,8,10,14H2,1-2H3. The Morgan fingerprint density at radius 3 is 2.73 bits per heavy atom.